The molecule has 7 heteroatoms. The number of nitrogens with zero attached hydrogens (tertiary/aromatic N) is 1. The second-order valence-corrected chi connectivity index (χ2v) is 8.41. The lowest BCUT2D eigenvalue weighted by molar-refractivity contribution is -0.126. The highest BCUT2D eigenvalue weighted by Gasteiger charge is 2.28. The number of carbonyl (C=O) groups excluding carboxylic acids is 2. The third kappa shape index (κ3) is 4.59. The third-order valence-electron chi connectivity index (χ3n) is 6.01. The first kappa shape index (κ1) is 21.4. The molecule has 0 bridgehead atoms. The van der Waals surface area contributed by atoms with Crippen molar-refractivity contribution in [3.63, 3.8) is 0 Å². The number of aromatic nitrogens is 1. The summed E-state index contributed by atoms with van der Waals surface area (Å²) < 4.78 is 13.6. The number of benzene rings is 2. The van der Waals surface area contributed by atoms with Crippen LogP contribution in [0.25, 0.3) is 10.9 Å². The fraction of sp³-hybridized carbons (Fsp3) is 0.333. The topological polar surface area (TPSA) is 65.2 Å². The van der Waals surface area contributed by atoms with Crippen LogP contribution < -0.4 is 5.32 Å². The number of fused-ring (bicyclic) bond motifs is 1. The van der Waals surface area contributed by atoms with Crippen molar-refractivity contribution in [3.05, 3.63) is 70.1 Å². The molecule has 1 saturated heterocycles. The number of carbonyl (C=O) groups is 2. The lowest BCUT2D eigenvalue weighted by atomic mass is 9.95. The molecule has 5 nitrogen and oxygen atoms in total. The summed E-state index contributed by atoms with van der Waals surface area (Å²) in [5.74, 6) is -0.466. The Morgan fingerprint density at radius 2 is 1.94 bits per heavy atom. The van der Waals surface area contributed by atoms with Gasteiger partial charge in [-0.15, -0.1) is 0 Å². The maximum Gasteiger partial charge on any atom is 0.255 e. The summed E-state index contributed by atoms with van der Waals surface area (Å²) in [6.07, 6.45) is 1.88. The molecule has 3 aromatic rings. The molecular formula is C24H25ClFN3O2. The van der Waals surface area contributed by atoms with Gasteiger partial charge in [0.2, 0.25) is 5.91 Å². The van der Waals surface area contributed by atoms with Crippen molar-refractivity contribution in [3.8, 4) is 0 Å². The molecule has 2 amide bonds. The van der Waals surface area contributed by atoms with Crippen LogP contribution in [0.15, 0.2) is 42.5 Å². The monoisotopic (exact) mass is 441 g/mol. The molecule has 0 saturated carbocycles. The minimum absolute atomic E-state index is 0.00789. The van der Waals surface area contributed by atoms with Gasteiger partial charge in [-0.1, -0.05) is 23.7 Å². The Bertz CT molecular complexity index is 1120. The molecule has 2 heterocycles. The minimum atomic E-state index is -0.269. The predicted octanol–water partition coefficient (Wildman–Crippen LogP) is 4.48. The van der Waals surface area contributed by atoms with Gasteiger partial charge in [-0.2, -0.15) is 0 Å². The van der Waals surface area contributed by atoms with Gasteiger partial charge in [-0.3, -0.25) is 9.59 Å². The summed E-state index contributed by atoms with van der Waals surface area (Å²) in [6, 6.07) is 11.7. The zero-order valence-electron chi connectivity index (χ0n) is 17.4. The van der Waals surface area contributed by atoms with E-state index in [1.165, 1.54) is 12.1 Å². The first-order valence-electron chi connectivity index (χ1n) is 10.5. The number of hydrogen-bond donors (Lipinski definition) is 2. The largest absolute Gasteiger partial charge is 0.358 e. The van der Waals surface area contributed by atoms with E-state index in [1.54, 1.807) is 35.2 Å². The average molecular weight is 442 g/mol. The van der Waals surface area contributed by atoms with E-state index in [9.17, 15) is 14.0 Å². The first-order chi connectivity index (χ1) is 14.9. The molecule has 0 unspecified atom stereocenters. The van der Waals surface area contributed by atoms with E-state index in [1.807, 2.05) is 6.92 Å². The number of amides is 2. The number of halogens is 2. The summed E-state index contributed by atoms with van der Waals surface area (Å²) >= 11 is 6.14. The fourth-order valence-corrected chi connectivity index (χ4v) is 4.50. The van der Waals surface area contributed by atoms with E-state index in [4.69, 9.17) is 11.6 Å². The lowest BCUT2D eigenvalue weighted by Crippen LogP contribution is -2.43. The Balaban J connectivity index is 1.29. The summed E-state index contributed by atoms with van der Waals surface area (Å²) in [6.45, 7) is 3.51. The summed E-state index contributed by atoms with van der Waals surface area (Å²) in [5.41, 5.74) is 3.41. The van der Waals surface area contributed by atoms with Crippen LogP contribution in [0.2, 0.25) is 5.02 Å². The minimum Gasteiger partial charge on any atom is -0.358 e. The number of likely N-dealkylation sites (tertiary alicyclic amines) is 1. The van der Waals surface area contributed by atoms with Crippen molar-refractivity contribution in [2.75, 3.05) is 19.6 Å². The molecule has 2 N–H and O–H groups in total. The number of aryl methyl sites for hydroxylation is 1. The van der Waals surface area contributed by atoms with E-state index in [0.717, 1.165) is 22.2 Å². The Labute approximate surface area is 185 Å². The van der Waals surface area contributed by atoms with Gasteiger partial charge >= 0.3 is 0 Å². The van der Waals surface area contributed by atoms with Gasteiger partial charge in [0.05, 0.1) is 10.6 Å². The van der Waals surface area contributed by atoms with Crippen LogP contribution in [-0.4, -0.2) is 41.3 Å². The number of H-pyrrole nitrogens is 1. The molecule has 162 valence electrons. The SMILES string of the molecule is Cc1[nH]c2ccc(F)cc2c1CCNC(=O)C1CCN(C(=O)c2ccccc2Cl)CC1. The highest BCUT2D eigenvalue weighted by molar-refractivity contribution is 6.33. The second kappa shape index (κ2) is 9.10. The maximum absolute atomic E-state index is 13.6. The van der Waals surface area contributed by atoms with Gasteiger partial charge in [0, 0.05) is 42.1 Å². The normalized spacial score (nSPS) is 14.7. The Morgan fingerprint density at radius 3 is 2.68 bits per heavy atom. The van der Waals surface area contributed by atoms with Crippen molar-refractivity contribution in [2.45, 2.75) is 26.2 Å². The van der Waals surface area contributed by atoms with E-state index in [2.05, 4.69) is 10.3 Å². The number of nitrogens with one attached hydrogen (secondary N) is 2. The van der Waals surface area contributed by atoms with Crippen molar-refractivity contribution >= 4 is 34.3 Å². The molecule has 1 fully saturated rings. The fourth-order valence-electron chi connectivity index (χ4n) is 4.28. The second-order valence-electron chi connectivity index (χ2n) is 8.01. The van der Waals surface area contributed by atoms with Crippen LogP contribution in [0.1, 0.15) is 34.5 Å². The van der Waals surface area contributed by atoms with E-state index < -0.39 is 0 Å². The molecular weight excluding hydrogens is 417 g/mol. The Hall–Kier alpha value is -2.86. The van der Waals surface area contributed by atoms with Gasteiger partial charge in [0.15, 0.2) is 0 Å². The molecule has 0 spiro atoms. The molecule has 4 rings (SSSR count). The van der Waals surface area contributed by atoms with Crippen molar-refractivity contribution < 1.29 is 14.0 Å². The van der Waals surface area contributed by atoms with Crippen LogP contribution in [0, 0.1) is 18.7 Å². The van der Waals surface area contributed by atoms with Gasteiger partial charge in [-0.25, -0.2) is 4.39 Å². The van der Waals surface area contributed by atoms with Crippen LogP contribution >= 0.6 is 11.6 Å². The van der Waals surface area contributed by atoms with Gasteiger partial charge < -0.3 is 15.2 Å². The molecule has 0 aliphatic carbocycles. The molecule has 1 aliphatic heterocycles. The molecule has 1 aromatic heterocycles. The number of rotatable bonds is 5. The number of aromatic amines is 1. The van der Waals surface area contributed by atoms with Crippen LogP contribution in [0.3, 0.4) is 0 Å². The molecule has 0 atom stereocenters. The lowest BCUT2D eigenvalue weighted by Gasteiger charge is -2.31. The highest BCUT2D eigenvalue weighted by atomic mass is 35.5. The van der Waals surface area contributed by atoms with E-state index in [0.29, 0.717) is 49.5 Å². The smallest absolute Gasteiger partial charge is 0.255 e. The highest BCUT2D eigenvalue weighted by Crippen LogP contribution is 2.24. The van der Waals surface area contributed by atoms with Crippen LogP contribution in [0.5, 0.6) is 0 Å². The van der Waals surface area contributed by atoms with Crippen molar-refractivity contribution in [1.29, 1.82) is 0 Å². The van der Waals surface area contributed by atoms with Crippen LogP contribution in [0.4, 0.5) is 4.39 Å². The summed E-state index contributed by atoms with van der Waals surface area (Å²) in [7, 11) is 0. The van der Waals surface area contributed by atoms with Gasteiger partial charge in [0.1, 0.15) is 5.82 Å². The van der Waals surface area contributed by atoms with E-state index >= 15 is 0 Å². The molecule has 1 aliphatic rings. The molecule has 2 aromatic carbocycles. The van der Waals surface area contributed by atoms with Crippen molar-refractivity contribution in [1.82, 2.24) is 15.2 Å². The number of hydrogen-bond acceptors (Lipinski definition) is 2. The predicted molar refractivity (Wildman–Crippen MR) is 120 cm³/mol. The van der Waals surface area contributed by atoms with Gasteiger partial charge in [0.25, 0.3) is 5.91 Å². The summed E-state index contributed by atoms with van der Waals surface area (Å²) in [5, 5.41) is 4.31. The quantitative estimate of drug-likeness (QED) is 0.613. The van der Waals surface area contributed by atoms with Crippen molar-refractivity contribution in [2.24, 2.45) is 5.92 Å². The van der Waals surface area contributed by atoms with E-state index in [-0.39, 0.29) is 23.5 Å². The van der Waals surface area contributed by atoms with Crippen LogP contribution in [-0.2, 0) is 11.2 Å². The third-order valence-corrected chi connectivity index (χ3v) is 6.34. The summed E-state index contributed by atoms with van der Waals surface area (Å²) in [4.78, 5) is 30.3. The Morgan fingerprint density at radius 1 is 1.19 bits per heavy atom. The first-order valence-corrected chi connectivity index (χ1v) is 10.9. The zero-order valence-corrected chi connectivity index (χ0v) is 18.1. The molecule has 31 heavy (non-hydrogen) atoms. The zero-order chi connectivity index (χ0) is 22.0. The maximum atomic E-state index is 13.6. The Kier molecular flexibility index (Phi) is 6.28. The number of piperidine rings is 1. The standard InChI is InChI=1S/C24H25ClFN3O2/c1-15-18(20-14-17(26)6-7-22(20)28-15)8-11-27-23(30)16-9-12-29(13-10-16)24(31)19-4-2-3-5-21(19)25/h2-7,14,16,28H,8-13H2,1H3,(H,27,30). The average Bonchev–Trinajstić information content (AvgIpc) is 3.08. The molecule has 0 radical (unpaired) electrons. The van der Waals surface area contributed by atoms with Gasteiger partial charge in [-0.05, 0) is 62.1 Å².